The van der Waals surface area contributed by atoms with E-state index in [2.05, 4.69) is 15.6 Å². The fourth-order valence-electron chi connectivity index (χ4n) is 0.685. The number of nitrogens with zero attached hydrogens (tertiary/aromatic N) is 3. The summed E-state index contributed by atoms with van der Waals surface area (Å²) < 4.78 is 1.79. The van der Waals surface area contributed by atoms with E-state index < -0.39 is 0 Å². The van der Waals surface area contributed by atoms with E-state index in [1.165, 1.54) is 0 Å². The molecule has 1 aromatic heterocycles. The third kappa shape index (κ3) is 1.01. The van der Waals surface area contributed by atoms with Crippen LogP contribution in [0.5, 0.6) is 0 Å². The van der Waals surface area contributed by atoms with Crippen molar-refractivity contribution < 1.29 is 0 Å². The van der Waals surface area contributed by atoms with Crippen LogP contribution in [-0.2, 0) is 6.54 Å². The van der Waals surface area contributed by atoms with Gasteiger partial charge in [0, 0.05) is 13.6 Å². The van der Waals surface area contributed by atoms with Crippen molar-refractivity contribution in [2.24, 2.45) is 0 Å². The van der Waals surface area contributed by atoms with Gasteiger partial charge >= 0.3 is 0 Å². The Morgan fingerprint density at radius 1 is 1.78 bits per heavy atom. The van der Waals surface area contributed by atoms with Gasteiger partial charge in [0.15, 0.2) is 0 Å². The van der Waals surface area contributed by atoms with Crippen molar-refractivity contribution in [3.05, 3.63) is 6.20 Å². The van der Waals surface area contributed by atoms with E-state index in [4.69, 9.17) is 0 Å². The Morgan fingerprint density at radius 3 is 3.00 bits per heavy atom. The minimum absolute atomic E-state index is 0.857. The van der Waals surface area contributed by atoms with Crippen molar-refractivity contribution in [1.29, 1.82) is 0 Å². The number of hydrogen-bond acceptors (Lipinski definition) is 3. The second-order valence-corrected chi connectivity index (χ2v) is 1.69. The Morgan fingerprint density at radius 2 is 2.56 bits per heavy atom. The number of aryl methyl sites for hydroxylation is 1. The molecule has 0 aliphatic rings. The maximum Gasteiger partial charge on any atom is 0.144 e. The molecule has 0 bridgehead atoms. The molecule has 0 amide bonds. The van der Waals surface area contributed by atoms with Gasteiger partial charge in [-0.2, -0.15) is 0 Å². The van der Waals surface area contributed by atoms with Gasteiger partial charge in [0.1, 0.15) is 5.82 Å². The highest BCUT2D eigenvalue weighted by molar-refractivity contribution is 5.29. The molecule has 0 spiro atoms. The van der Waals surface area contributed by atoms with E-state index in [1.807, 2.05) is 14.0 Å². The lowest BCUT2D eigenvalue weighted by Crippen LogP contribution is -2.01. The molecule has 0 unspecified atom stereocenters. The van der Waals surface area contributed by atoms with Gasteiger partial charge in [0.25, 0.3) is 0 Å². The van der Waals surface area contributed by atoms with Crippen LogP contribution in [0.4, 0.5) is 5.82 Å². The maximum absolute atomic E-state index is 3.81. The van der Waals surface area contributed by atoms with Crippen LogP contribution in [0.25, 0.3) is 0 Å². The van der Waals surface area contributed by atoms with Crippen LogP contribution < -0.4 is 5.32 Å². The molecular weight excluding hydrogens is 116 g/mol. The number of nitrogens with one attached hydrogen (secondary N) is 1. The molecular formula is C5H10N4. The second kappa shape index (κ2) is 2.48. The van der Waals surface area contributed by atoms with Crippen LogP contribution in [0.1, 0.15) is 6.92 Å². The Labute approximate surface area is 53.9 Å². The summed E-state index contributed by atoms with van der Waals surface area (Å²) in [5.41, 5.74) is 0. The second-order valence-electron chi connectivity index (χ2n) is 1.69. The Hall–Kier alpha value is -1.06. The molecule has 1 heterocycles. The van der Waals surface area contributed by atoms with Gasteiger partial charge in [-0.15, -0.1) is 5.10 Å². The average molecular weight is 126 g/mol. The molecule has 0 radical (unpaired) electrons. The number of hydrogen-bond donors (Lipinski definition) is 1. The summed E-state index contributed by atoms with van der Waals surface area (Å²) in [4.78, 5) is 0. The van der Waals surface area contributed by atoms with Crippen LogP contribution in [0.2, 0.25) is 0 Å². The summed E-state index contributed by atoms with van der Waals surface area (Å²) >= 11 is 0. The van der Waals surface area contributed by atoms with Gasteiger partial charge in [0.05, 0.1) is 6.20 Å². The molecule has 0 aromatic carbocycles. The van der Waals surface area contributed by atoms with Gasteiger partial charge < -0.3 is 5.32 Å². The minimum atomic E-state index is 0.857. The first-order valence-electron chi connectivity index (χ1n) is 2.94. The molecule has 0 saturated carbocycles. The number of rotatable bonds is 2. The summed E-state index contributed by atoms with van der Waals surface area (Å²) in [5, 5.41) is 10.5. The first-order chi connectivity index (χ1) is 4.38. The van der Waals surface area contributed by atoms with E-state index in [9.17, 15) is 0 Å². The van der Waals surface area contributed by atoms with E-state index >= 15 is 0 Å². The lowest BCUT2D eigenvalue weighted by Gasteiger charge is -1.98. The predicted octanol–water partition coefficient (Wildman–Crippen LogP) is 0.340. The Kier molecular flexibility index (Phi) is 1.67. The van der Waals surface area contributed by atoms with Gasteiger partial charge in [-0.25, -0.2) is 4.68 Å². The summed E-state index contributed by atoms with van der Waals surface area (Å²) in [6.07, 6.45) is 1.70. The molecule has 50 valence electrons. The molecule has 1 rings (SSSR count). The van der Waals surface area contributed by atoms with E-state index in [0.29, 0.717) is 0 Å². The van der Waals surface area contributed by atoms with Gasteiger partial charge in [-0.1, -0.05) is 5.21 Å². The number of anilines is 1. The molecule has 9 heavy (non-hydrogen) atoms. The molecule has 0 saturated heterocycles. The minimum Gasteiger partial charge on any atom is -0.372 e. The fraction of sp³-hybridized carbons (Fsp3) is 0.600. The lowest BCUT2D eigenvalue weighted by atomic mass is 10.7. The van der Waals surface area contributed by atoms with E-state index in [1.54, 1.807) is 10.9 Å². The van der Waals surface area contributed by atoms with Crippen molar-refractivity contribution in [3.8, 4) is 0 Å². The monoisotopic (exact) mass is 126 g/mol. The van der Waals surface area contributed by atoms with Crippen molar-refractivity contribution >= 4 is 5.82 Å². The topological polar surface area (TPSA) is 42.7 Å². The average Bonchev–Trinajstić information content (AvgIpc) is 2.33. The van der Waals surface area contributed by atoms with Crippen LogP contribution in [-0.4, -0.2) is 22.0 Å². The fourth-order valence-corrected chi connectivity index (χ4v) is 0.685. The summed E-state index contributed by atoms with van der Waals surface area (Å²) in [5.74, 6) is 0.956. The Balaban J connectivity index is 2.85. The van der Waals surface area contributed by atoms with Gasteiger partial charge in [-0.05, 0) is 6.92 Å². The van der Waals surface area contributed by atoms with Crippen LogP contribution in [0, 0.1) is 0 Å². The highest BCUT2D eigenvalue weighted by Crippen LogP contribution is 1.99. The van der Waals surface area contributed by atoms with Crippen molar-refractivity contribution in [2.75, 3.05) is 12.4 Å². The third-order valence-electron chi connectivity index (χ3n) is 1.17. The molecule has 4 heteroatoms. The van der Waals surface area contributed by atoms with Crippen molar-refractivity contribution in [1.82, 2.24) is 15.0 Å². The zero-order valence-corrected chi connectivity index (χ0v) is 5.63. The van der Waals surface area contributed by atoms with Gasteiger partial charge in [-0.3, -0.25) is 0 Å². The maximum atomic E-state index is 3.81. The smallest absolute Gasteiger partial charge is 0.144 e. The Bertz CT molecular complexity index is 162. The first-order valence-corrected chi connectivity index (χ1v) is 2.94. The predicted molar refractivity (Wildman–Crippen MR) is 35.2 cm³/mol. The quantitative estimate of drug-likeness (QED) is 0.621. The summed E-state index contributed by atoms with van der Waals surface area (Å²) in [6.45, 7) is 2.88. The summed E-state index contributed by atoms with van der Waals surface area (Å²) in [7, 11) is 1.85. The SMILES string of the molecule is CCn1nncc1NC. The standard InChI is InChI=1S/C5H10N4/c1-3-9-5(6-2)4-7-8-9/h4,6H,3H2,1-2H3. The van der Waals surface area contributed by atoms with Crippen LogP contribution in [0.15, 0.2) is 6.20 Å². The van der Waals surface area contributed by atoms with Crippen molar-refractivity contribution in [3.63, 3.8) is 0 Å². The molecule has 0 atom stereocenters. The zero-order valence-electron chi connectivity index (χ0n) is 5.63. The van der Waals surface area contributed by atoms with Crippen LogP contribution >= 0.6 is 0 Å². The van der Waals surface area contributed by atoms with E-state index in [-0.39, 0.29) is 0 Å². The van der Waals surface area contributed by atoms with E-state index in [0.717, 1.165) is 12.4 Å². The van der Waals surface area contributed by atoms with Crippen LogP contribution in [0.3, 0.4) is 0 Å². The highest BCUT2D eigenvalue weighted by atomic mass is 15.4. The van der Waals surface area contributed by atoms with Gasteiger partial charge in [0.2, 0.25) is 0 Å². The largest absolute Gasteiger partial charge is 0.372 e. The molecule has 4 nitrogen and oxygen atoms in total. The molecule has 0 aliphatic carbocycles. The summed E-state index contributed by atoms with van der Waals surface area (Å²) in [6, 6.07) is 0. The number of aromatic nitrogens is 3. The zero-order chi connectivity index (χ0) is 6.69. The molecule has 0 fully saturated rings. The highest BCUT2D eigenvalue weighted by Gasteiger charge is 1.94. The molecule has 1 aromatic rings. The normalized spacial score (nSPS) is 9.56. The first kappa shape index (κ1) is 6.07. The molecule has 1 N–H and O–H groups in total. The lowest BCUT2D eigenvalue weighted by molar-refractivity contribution is 0.633. The van der Waals surface area contributed by atoms with Crippen molar-refractivity contribution in [2.45, 2.75) is 13.5 Å². The molecule has 0 aliphatic heterocycles. The third-order valence-corrected chi connectivity index (χ3v) is 1.17.